The number of methoxy groups -OCH3 is 2. The van der Waals surface area contributed by atoms with Crippen LogP contribution in [0.4, 0.5) is 5.95 Å². The van der Waals surface area contributed by atoms with Gasteiger partial charge in [0, 0.05) is 20.5 Å². The second-order valence-corrected chi connectivity index (χ2v) is 11.0. The van der Waals surface area contributed by atoms with Crippen molar-refractivity contribution in [2.24, 2.45) is 4.99 Å². The molecule has 0 spiro atoms. The fourth-order valence-electron chi connectivity index (χ4n) is 5.58. The van der Waals surface area contributed by atoms with E-state index in [4.69, 9.17) is 18.9 Å². The van der Waals surface area contributed by atoms with Gasteiger partial charge in [0.15, 0.2) is 5.65 Å². The number of rotatable bonds is 11. The summed E-state index contributed by atoms with van der Waals surface area (Å²) in [6, 6.07) is 25.7. The number of hydrogen-bond donors (Lipinski definition) is 1. The number of ether oxygens (including phenoxy) is 4. The van der Waals surface area contributed by atoms with Crippen molar-refractivity contribution < 1.29 is 24.1 Å². The van der Waals surface area contributed by atoms with Gasteiger partial charge in [-0.2, -0.15) is 4.98 Å². The van der Waals surface area contributed by atoms with Crippen LogP contribution in [0.5, 0.6) is 11.5 Å². The molecule has 1 fully saturated rings. The Morgan fingerprint density at radius 2 is 1.56 bits per heavy atom. The average Bonchev–Trinajstić information content (AvgIpc) is 3.67. The highest BCUT2D eigenvalue weighted by Crippen LogP contribution is 2.43. The number of aliphatic imine (C=N–C) groups is 1. The van der Waals surface area contributed by atoms with Crippen LogP contribution in [0.2, 0.25) is 0 Å². The van der Waals surface area contributed by atoms with Crippen molar-refractivity contribution in [1.82, 2.24) is 24.4 Å². The Bertz CT molecular complexity index is 1690. The predicted octanol–water partition coefficient (Wildman–Crippen LogP) is 4.72. The lowest BCUT2D eigenvalue weighted by Crippen LogP contribution is -2.38. The smallest absolute Gasteiger partial charge is 0.252 e. The van der Waals surface area contributed by atoms with Crippen molar-refractivity contribution in [3.63, 3.8) is 0 Å². The molecule has 1 aliphatic rings. The second-order valence-electron chi connectivity index (χ2n) is 11.0. The quantitative estimate of drug-likeness (QED) is 0.129. The normalized spacial score (nSPS) is 18.5. The fraction of sp³-hybridized carbons (Fsp3) is 0.294. The molecule has 0 amide bonds. The first kappa shape index (κ1) is 30.2. The molecule has 1 N–H and O–H groups in total. The van der Waals surface area contributed by atoms with Crippen molar-refractivity contribution in [2.45, 2.75) is 30.5 Å². The number of imidazole rings is 1. The van der Waals surface area contributed by atoms with Gasteiger partial charge in [-0.1, -0.05) is 54.6 Å². The molecule has 1 saturated heterocycles. The summed E-state index contributed by atoms with van der Waals surface area (Å²) in [7, 11) is 7.03. The highest BCUT2D eigenvalue weighted by atomic mass is 16.6. The van der Waals surface area contributed by atoms with Crippen molar-refractivity contribution in [2.75, 3.05) is 34.9 Å². The van der Waals surface area contributed by atoms with Crippen LogP contribution in [-0.4, -0.2) is 83.0 Å². The Kier molecular flexibility index (Phi) is 8.74. The first-order valence-corrected chi connectivity index (χ1v) is 14.6. The molecule has 2 aromatic heterocycles. The van der Waals surface area contributed by atoms with E-state index in [9.17, 15) is 5.11 Å². The maximum Gasteiger partial charge on any atom is 0.252 e. The van der Waals surface area contributed by atoms with Gasteiger partial charge in [-0.15, -0.1) is 0 Å². The van der Waals surface area contributed by atoms with Gasteiger partial charge in [0.25, 0.3) is 5.95 Å². The van der Waals surface area contributed by atoms with Crippen LogP contribution in [0.1, 0.15) is 29.3 Å². The van der Waals surface area contributed by atoms with Gasteiger partial charge in [-0.25, -0.2) is 15.0 Å². The first-order valence-electron chi connectivity index (χ1n) is 14.6. The number of hydrogen-bond acceptors (Lipinski definition) is 9. The maximum atomic E-state index is 11.2. The molecule has 0 unspecified atom stereocenters. The van der Waals surface area contributed by atoms with E-state index < -0.39 is 24.0 Å². The van der Waals surface area contributed by atoms with Crippen LogP contribution < -0.4 is 9.47 Å². The summed E-state index contributed by atoms with van der Waals surface area (Å²) in [4.78, 5) is 19.4. The minimum Gasteiger partial charge on any atom is -0.497 e. The van der Waals surface area contributed by atoms with E-state index in [1.807, 2.05) is 97.5 Å². The first-order chi connectivity index (χ1) is 21.9. The number of aliphatic hydroxyl groups is 1. The Hall–Kier alpha value is -4.84. The number of benzene rings is 3. The molecule has 11 heteroatoms. The Morgan fingerprint density at radius 1 is 0.933 bits per heavy atom. The van der Waals surface area contributed by atoms with Crippen molar-refractivity contribution in [3.8, 4) is 11.5 Å². The molecule has 3 aromatic carbocycles. The van der Waals surface area contributed by atoms with Crippen LogP contribution in [0, 0.1) is 0 Å². The molecular formula is C34H36N6O5. The molecule has 3 atom stereocenters. The fourth-order valence-corrected chi connectivity index (χ4v) is 5.58. The molecular weight excluding hydrogens is 572 g/mol. The van der Waals surface area contributed by atoms with E-state index in [-0.39, 0.29) is 6.61 Å². The summed E-state index contributed by atoms with van der Waals surface area (Å²) in [6.45, 7) is 0.102. The minimum atomic E-state index is -1.03. The lowest BCUT2D eigenvalue weighted by Gasteiger charge is -2.37. The SMILES string of the molecule is COc1ccc(C(OC[C@H]2O[C@@H](n3cnc4cnc(/N=C/N(C)C)nc43)C[C@@H]2O)(c2ccccc2)c2ccc(OC)cc2)cc1. The third kappa shape index (κ3) is 6.10. The van der Waals surface area contributed by atoms with Crippen molar-refractivity contribution >= 4 is 23.5 Å². The van der Waals surface area contributed by atoms with E-state index in [0.29, 0.717) is 23.5 Å². The second kappa shape index (κ2) is 13.0. The molecule has 3 heterocycles. The summed E-state index contributed by atoms with van der Waals surface area (Å²) in [6.07, 6.45) is 3.33. The zero-order chi connectivity index (χ0) is 31.4. The molecule has 45 heavy (non-hydrogen) atoms. The summed E-state index contributed by atoms with van der Waals surface area (Å²) in [5, 5.41) is 11.2. The highest BCUT2D eigenvalue weighted by Gasteiger charge is 2.42. The number of nitrogens with zero attached hydrogens (tertiary/aromatic N) is 6. The Balaban J connectivity index is 1.33. The van der Waals surface area contributed by atoms with Crippen LogP contribution in [0.25, 0.3) is 11.2 Å². The summed E-state index contributed by atoms with van der Waals surface area (Å²) >= 11 is 0. The van der Waals surface area contributed by atoms with Gasteiger partial charge in [0.1, 0.15) is 34.9 Å². The average molecular weight is 609 g/mol. The predicted molar refractivity (Wildman–Crippen MR) is 170 cm³/mol. The van der Waals surface area contributed by atoms with Crippen LogP contribution in [0.15, 0.2) is 96.4 Å². The van der Waals surface area contributed by atoms with Crippen LogP contribution in [0.3, 0.4) is 0 Å². The van der Waals surface area contributed by atoms with Gasteiger partial charge < -0.3 is 29.0 Å². The topological polar surface area (TPSA) is 116 Å². The lowest BCUT2D eigenvalue weighted by atomic mass is 9.80. The van der Waals surface area contributed by atoms with E-state index in [1.165, 1.54) is 0 Å². The third-order valence-electron chi connectivity index (χ3n) is 7.86. The summed E-state index contributed by atoms with van der Waals surface area (Å²) in [5.41, 5.74) is 2.87. The van der Waals surface area contributed by atoms with Gasteiger partial charge in [0.2, 0.25) is 0 Å². The van der Waals surface area contributed by atoms with Crippen LogP contribution in [-0.2, 0) is 15.1 Å². The molecule has 6 rings (SSSR count). The molecule has 11 nitrogen and oxygen atoms in total. The van der Waals surface area contributed by atoms with Gasteiger partial charge in [-0.3, -0.25) is 4.57 Å². The molecule has 0 saturated carbocycles. The minimum absolute atomic E-state index is 0.102. The zero-order valence-electron chi connectivity index (χ0n) is 25.6. The number of aliphatic hydroxyl groups excluding tert-OH is 1. The maximum absolute atomic E-state index is 11.2. The molecule has 0 aliphatic carbocycles. The number of aromatic nitrogens is 4. The summed E-state index contributed by atoms with van der Waals surface area (Å²) in [5.74, 6) is 1.78. The van der Waals surface area contributed by atoms with Gasteiger partial charge >= 0.3 is 0 Å². The largest absolute Gasteiger partial charge is 0.497 e. The summed E-state index contributed by atoms with van der Waals surface area (Å²) < 4.78 is 26.1. The van der Waals surface area contributed by atoms with E-state index >= 15 is 0 Å². The Labute approximate surface area is 261 Å². The Morgan fingerprint density at radius 3 is 2.16 bits per heavy atom. The third-order valence-corrected chi connectivity index (χ3v) is 7.86. The van der Waals surface area contributed by atoms with Gasteiger partial charge in [-0.05, 0) is 41.0 Å². The number of fused-ring (bicyclic) bond motifs is 1. The van der Waals surface area contributed by atoms with E-state index in [2.05, 4.69) is 19.9 Å². The lowest BCUT2D eigenvalue weighted by molar-refractivity contribution is -0.0931. The zero-order valence-corrected chi connectivity index (χ0v) is 25.6. The highest BCUT2D eigenvalue weighted by molar-refractivity contribution is 5.71. The van der Waals surface area contributed by atoms with E-state index in [1.54, 1.807) is 38.0 Å². The molecule has 5 aromatic rings. The van der Waals surface area contributed by atoms with Crippen LogP contribution >= 0.6 is 0 Å². The van der Waals surface area contributed by atoms with Crippen molar-refractivity contribution in [1.29, 1.82) is 0 Å². The van der Waals surface area contributed by atoms with Gasteiger partial charge in [0.05, 0.1) is 45.8 Å². The van der Waals surface area contributed by atoms with E-state index in [0.717, 1.165) is 28.2 Å². The molecule has 0 radical (unpaired) electrons. The molecule has 0 bridgehead atoms. The van der Waals surface area contributed by atoms with Crippen molar-refractivity contribution in [3.05, 3.63) is 108 Å². The molecule has 1 aliphatic heterocycles. The monoisotopic (exact) mass is 608 g/mol. The molecule has 232 valence electrons. The standard InChI is InChI=1S/C34H36N6O5/c1-39(2)21-37-33-35-19-28-32(38-33)40(22-36-28)31-18-29(41)30(45-31)20-44-34(23-8-6-5-7-9-23,24-10-14-26(42-3)15-11-24)25-12-16-27(43-4)17-13-25/h5-17,19,21-22,29-31,41H,18,20H2,1-4H3/b37-21+/t29-,30+,31+/m0/s1.